The average molecular weight is 378 g/mol. The van der Waals surface area contributed by atoms with Crippen molar-refractivity contribution in [2.75, 3.05) is 13.7 Å². The first-order valence-corrected chi connectivity index (χ1v) is 8.72. The second kappa shape index (κ2) is 8.94. The van der Waals surface area contributed by atoms with Crippen molar-refractivity contribution in [2.24, 2.45) is 0 Å². The van der Waals surface area contributed by atoms with Gasteiger partial charge in [0.25, 0.3) is 0 Å². The molecule has 0 heterocycles. The van der Waals surface area contributed by atoms with Crippen molar-refractivity contribution in [3.8, 4) is 11.5 Å². The first-order chi connectivity index (χ1) is 11.2. The molecule has 0 aliphatic rings. The monoisotopic (exact) mass is 377 g/mol. The molecule has 0 amide bonds. The highest BCUT2D eigenvalue weighted by Gasteiger charge is 2.14. The molecular weight excluding hydrogens is 354 g/mol. The Morgan fingerprint density at radius 1 is 1.17 bits per heavy atom. The van der Waals surface area contributed by atoms with Crippen LogP contribution < -0.4 is 14.8 Å². The van der Waals surface area contributed by atoms with Gasteiger partial charge in [0, 0.05) is 22.6 Å². The van der Waals surface area contributed by atoms with Crippen molar-refractivity contribution in [3.63, 3.8) is 0 Å². The highest BCUT2D eigenvalue weighted by molar-refractivity contribution is 9.10. The fourth-order valence-electron chi connectivity index (χ4n) is 2.40. The molecule has 0 saturated heterocycles. The molecule has 0 aliphatic heterocycles. The number of hydrogen-bond acceptors (Lipinski definition) is 3. The minimum absolute atomic E-state index is 0.264. The van der Waals surface area contributed by atoms with E-state index in [-0.39, 0.29) is 6.04 Å². The van der Waals surface area contributed by atoms with Gasteiger partial charge in [0.15, 0.2) is 11.5 Å². The van der Waals surface area contributed by atoms with E-state index >= 15 is 0 Å². The van der Waals surface area contributed by atoms with Crippen LogP contribution in [-0.2, 0) is 6.54 Å². The lowest BCUT2D eigenvalue weighted by molar-refractivity contribution is 0.290. The van der Waals surface area contributed by atoms with Crippen molar-refractivity contribution in [1.29, 1.82) is 0 Å². The molecule has 23 heavy (non-hydrogen) atoms. The Kier molecular flexibility index (Phi) is 6.93. The standard InChI is InChI=1S/C19H24BrNO2/c1-4-10-23-19-16(11-17(20)12-18(19)22-3)13-21-14(2)15-8-6-5-7-9-15/h5-9,11-12,14,21H,4,10,13H2,1-3H3/t14-/m1/s1. The van der Waals surface area contributed by atoms with Gasteiger partial charge in [-0.1, -0.05) is 53.2 Å². The molecule has 124 valence electrons. The predicted octanol–water partition coefficient (Wildman–Crippen LogP) is 5.10. The summed E-state index contributed by atoms with van der Waals surface area (Å²) >= 11 is 3.54. The fourth-order valence-corrected chi connectivity index (χ4v) is 2.88. The van der Waals surface area contributed by atoms with Gasteiger partial charge in [-0.15, -0.1) is 0 Å². The van der Waals surface area contributed by atoms with Gasteiger partial charge in [0.05, 0.1) is 13.7 Å². The topological polar surface area (TPSA) is 30.5 Å². The Bertz CT molecular complexity index is 616. The summed E-state index contributed by atoms with van der Waals surface area (Å²) in [5.74, 6) is 1.59. The van der Waals surface area contributed by atoms with Gasteiger partial charge in [-0.2, -0.15) is 0 Å². The van der Waals surface area contributed by atoms with Crippen LogP contribution in [0.3, 0.4) is 0 Å². The quantitative estimate of drug-likeness (QED) is 0.694. The summed E-state index contributed by atoms with van der Waals surface area (Å²) in [5.41, 5.74) is 2.36. The Balaban J connectivity index is 2.16. The van der Waals surface area contributed by atoms with Crippen molar-refractivity contribution in [1.82, 2.24) is 5.32 Å². The lowest BCUT2D eigenvalue weighted by Gasteiger charge is -2.18. The molecule has 0 spiro atoms. The van der Waals surface area contributed by atoms with Gasteiger partial charge in [-0.3, -0.25) is 0 Å². The smallest absolute Gasteiger partial charge is 0.165 e. The van der Waals surface area contributed by atoms with Crippen LogP contribution in [0.15, 0.2) is 46.9 Å². The van der Waals surface area contributed by atoms with Gasteiger partial charge < -0.3 is 14.8 Å². The maximum Gasteiger partial charge on any atom is 0.165 e. The molecule has 0 bridgehead atoms. The average Bonchev–Trinajstić information content (AvgIpc) is 2.58. The molecule has 3 nitrogen and oxygen atoms in total. The number of hydrogen-bond donors (Lipinski definition) is 1. The third kappa shape index (κ3) is 4.98. The zero-order valence-electron chi connectivity index (χ0n) is 13.9. The second-order valence-corrected chi connectivity index (χ2v) is 6.37. The van der Waals surface area contributed by atoms with Crippen molar-refractivity contribution < 1.29 is 9.47 Å². The summed E-state index contributed by atoms with van der Waals surface area (Å²) in [5, 5.41) is 3.55. The zero-order chi connectivity index (χ0) is 16.7. The van der Waals surface area contributed by atoms with E-state index in [1.54, 1.807) is 7.11 Å². The van der Waals surface area contributed by atoms with Gasteiger partial charge >= 0.3 is 0 Å². The van der Waals surface area contributed by atoms with E-state index in [0.29, 0.717) is 13.2 Å². The molecule has 0 aromatic heterocycles. The lowest BCUT2D eigenvalue weighted by Crippen LogP contribution is -2.19. The van der Waals surface area contributed by atoms with Crippen LogP contribution in [-0.4, -0.2) is 13.7 Å². The molecule has 0 fully saturated rings. The Hall–Kier alpha value is -1.52. The van der Waals surface area contributed by atoms with E-state index in [1.165, 1.54) is 5.56 Å². The molecule has 2 rings (SSSR count). The summed E-state index contributed by atoms with van der Waals surface area (Å²) < 4.78 is 12.4. The van der Waals surface area contributed by atoms with E-state index < -0.39 is 0 Å². The number of benzene rings is 2. The van der Waals surface area contributed by atoms with Crippen LogP contribution in [0.1, 0.15) is 37.4 Å². The first-order valence-electron chi connectivity index (χ1n) is 7.93. The number of nitrogens with one attached hydrogen (secondary N) is 1. The summed E-state index contributed by atoms with van der Waals surface area (Å²) in [6.45, 7) is 5.65. The van der Waals surface area contributed by atoms with Crippen molar-refractivity contribution in [2.45, 2.75) is 32.9 Å². The van der Waals surface area contributed by atoms with Crippen LogP contribution >= 0.6 is 15.9 Å². The molecule has 2 aromatic carbocycles. The Morgan fingerprint density at radius 3 is 2.57 bits per heavy atom. The van der Waals surface area contributed by atoms with E-state index in [9.17, 15) is 0 Å². The molecule has 1 N–H and O–H groups in total. The van der Waals surface area contributed by atoms with Crippen molar-refractivity contribution in [3.05, 3.63) is 58.1 Å². The third-order valence-electron chi connectivity index (χ3n) is 3.67. The highest BCUT2D eigenvalue weighted by Crippen LogP contribution is 2.35. The summed E-state index contributed by atoms with van der Waals surface area (Å²) in [4.78, 5) is 0. The molecule has 0 unspecified atom stereocenters. The summed E-state index contributed by atoms with van der Waals surface area (Å²) in [6.07, 6.45) is 0.965. The second-order valence-electron chi connectivity index (χ2n) is 5.46. The maximum atomic E-state index is 5.92. The molecule has 1 atom stereocenters. The molecular formula is C19H24BrNO2. The van der Waals surface area contributed by atoms with E-state index in [4.69, 9.17) is 9.47 Å². The van der Waals surface area contributed by atoms with E-state index in [1.807, 2.05) is 12.1 Å². The molecule has 0 aliphatic carbocycles. The van der Waals surface area contributed by atoms with Crippen LogP contribution in [0.2, 0.25) is 0 Å². The van der Waals surface area contributed by atoms with Crippen LogP contribution in [0.25, 0.3) is 0 Å². The highest BCUT2D eigenvalue weighted by atomic mass is 79.9. The number of rotatable bonds is 8. The van der Waals surface area contributed by atoms with Gasteiger partial charge in [-0.05, 0) is 31.0 Å². The summed E-state index contributed by atoms with van der Waals surface area (Å²) in [6, 6.07) is 14.7. The van der Waals surface area contributed by atoms with Crippen molar-refractivity contribution >= 4 is 15.9 Å². The largest absolute Gasteiger partial charge is 0.493 e. The minimum Gasteiger partial charge on any atom is -0.493 e. The van der Waals surface area contributed by atoms with Gasteiger partial charge in [0.1, 0.15) is 0 Å². The van der Waals surface area contributed by atoms with Crippen LogP contribution in [0, 0.1) is 0 Å². The van der Waals surface area contributed by atoms with Crippen LogP contribution in [0.4, 0.5) is 0 Å². The molecule has 0 radical (unpaired) electrons. The lowest BCUT2D eigenvalue weighted by atomic mass is 10.1. The molecule has 2 aromatic rings. The normalized spacial score (nSPS) is 12.0. The third-order valence-corrected chi connectivity index (χ3v) is 4.12. The zero-order valence-corrected chi connectivity index (χ0v) is 15.5. The van der Waals surface area contributed by atoms with Gasteiger partial charge in [0.2, 0.25) is 0 Å². The molecule has 4 heteroatoms. The first kappa shape index (κ1) is 17.8. The Morgan fingerprint density at radius 2 is 1.91 bits per heavy atom. The Labute approximate surface area is 147 Å². The minimum atomic E-state index is 0.264. The van der Waals surface area contributed by atoms with Crippen LogP contribution in [0.5, 0.6) is 11.5 Å². The maximum absolute atomic E-state index is 5.92. The number of methoxy groups -OCH3 is 1. The number of ether oxygens (including phenoxy) is 2. The SMILES string of the molecule is CCCOc1c(CN[C@H](C)c2ccccc2)cc(Br)cc1OC. The summed E-state index contributed by atoms with van der Waals surface area (Å²) in [7, 11) is 1.67. The number of halogens is 1. The van der Waals surface area contributed by atoms with E-state index in [2.05, 4.69) is 65.4 Å². The molecule has 0 saturated carbocycles. The predicted molar refractivity (Wildman–Crippen MR) is 98.2 cm³/mol. The van der Waals surface area contributed by atoms with Gasteiger partial charge in [-0.25, -0.2) is 0 Å². The van der Waals surface area contributed by atoms with E-state index in [0.717, 1.165) is 28.0 Å². The fraction of sp³-hybridized carbons (Fsp3) is 0.368.